The van der Waals surface area contributed by atoms with Gasteiger partial charge in [0.1, 0.15) is 23.9 Å². The Balaban J connectivity index is 1.89. The van der Waals surface area contributed by atoms with Crippen LogP contribution in [0.15, 0.2) is 54.9 Å². The van der Waals surface area contributed by atoms with Gasteiger partial charge < -0.3 is 5.32 Å². The first-order chi connectivity index (χ1) is 11.6. The molecule has 0 bridgehead atoms. The number of fused-ring (bicyclic) bond motifs is 1. The highest BCUT2D eigenvalue weighted by atomic mass is 19.1. The van der Waals surface area contributed by atoms with Crippen LogP contribution in [0.1, 0.15) is 33.7 Å². The van der Waals surface area contributed by atoms with Crippen molar-refractivity contribution in [3.63, 3.8) is 0 Å². The topological polar surface area (TPSA) is 59.8 Å². The average molecular weight is 322 g/mol. The molecule has 2 atom stereocenters. The fourth-order valence-corrected chi connectivity index (χ4v) is 3.21. The van der Waals surface area contributed by atoms with Gasteiger partial charge in [0.15, 0.2) is 5.78 Å². The lowest BCUT2D eigenvalue weighted by Crippen LogP contribution is -2.33. The van der Waals surface area contributed by atoms with E-state index in [0.717, 1.165) is 5.56 Å². The van der Waals surface area contributed by atoms with Crippen LogP contribution in [0, 0.1) is 5.82 Å². The SMILES string of the molecule is Cn1ncnc1C1C(=O)c2ccc(F)cc2NC1c1ccccc1. The van der Waals surface area contributed by atoms with Crippen molar-refractivity contribution in [3.05, 3.63) is 77.6 Å². The minimum absolute atomic E-state index is 0.0892. The van der Waals surface area contributed by atoms with Crippen LogP contribution in [0.2, 0.25) is 0 Å². The number of anilines is 1. The van der Waals surface area contributed by atoms with Crippen LogP contribution in [-0.4, -0.2) is 20.5 Å². The molecule has 0 spiro atoms. The van der Waals surface area contributed by atoms with E-state index in [0.29, 0.717) is 17.1 Å². The number of halogens is 1. The molecule has 0 radical (unpaired) electrons. The molecular weight excluding hydrogens is 307 g/mol. The van der Waals surface area contributed by atoms with Crippen LogP contribution in [0.25, 0.3) is 0 Å². The summed E-state index contributed by atoms with van der Waals surface area (Å²) in [5.41, 5.74) is 1.91. The van der Waals surface area contributed by atoms with Crippen molar-refractivity contribution < 1.29 is 9.18 Å². The second-order valence-electron chi connectivity index (χ2n) is 5.81. The van der Waals surface area contributed by atoms with Gasteiger partial charge in [0.25, 0.3) is 0 Å². The maximum Gasteiger partial charge on any atom is 0.178 e. The van der Waals surface area contributed by atoms with Gasteiger partial charge in [-0.2, -0.15) is 5.10 Å². The Hall–Kier alpha value is -3.02. The summed E-state index contributed by atoms with van der Waals surface area (Å²) in [6, 6.07) is 13.5. The highest BCUT2D eigenvalue weighted by Crippen LogP contribution is 2.41. The van der Waals surface area contributed by atoms with Crippen molar-refractivity contribution in [1.29, 1.82) is 0 Å². The minimum Gasteiger partial charge on any atom is -0.376 e. The molecule has 1 aliphatic rings. The maximum absolute atomic E-state index is 13.6. The third-order valence-corrected chi connectivity index (χ3v) is 4.36. The molecule has 1 N–H and O–H groups in total. The van der Waals surface area contributed by atoms with E-state index in [1.165, 1.54) is 24.5 Å². The fraction of sp³-hybridized carbons (Fsp3) is 0.167. The highest BCUT2D eigenvalue weighted by molar-refractivity contribution is 6.07. The van der Waals surface area contributed by atoms with Crippen LogP contribution in [0.4, 0.5) is 10.1 Å². The second-order valence-corrected chi connectivity index (χ2v) is 5.81. The van der Waals surface area contributed by atoms with Gasteiger partial charge >= 0.3 is 0 Å². The molecule has 0 amide bonds. The van der Waals surface area contributed by atoms with Crippen LogP contribution in [0.3, 0.4) is 0 Å². The number of benzene rings is 2. The number of ketones is 1. The molecule has 3 aromatic rings. The van der Waals surface area contributed by atoms with Crippen molar-refractivity contribution in [2.24, 2.45) is 7.05 Å². The molecule has 120 valence electrons. The molecule has 2 heterocycles. The van der Waals surface area contributed by atoms with E-state index in [2.05, 4.69) is 15.4 Å². The summed E-state index contributed by atoms with van der Waals surface area (Å²) in [7, 11) is 1.76. The standard InChI is InChI=1S/C18H15FN4O/c1-23-18(20-10-21-23)15-16(11-5-3-2-4-6-11)22-14-9-12(19)7-8-13(14)17(15)24/h2-10,15-16,22H,1H3. The highest BCUT2D eigenvalue weighted by Gasteiger charge is 2.39. The van der Waals surface area contributed by atoms with Gasteiger partial charge in [0, 0.05) is 18.3 Å². The average Bonchev–Trinajstić information content (AvgIpc) is 3.01. The molecule has 0 fully saturated rings. The molecular formula is C18H15FN4O. The number of nitrogens with zero attached hydrogens (tertiary/aromatic N) is 3. The lowest BCUT2D eigenvalue weighted by atomic mass is 9.82. The number of Topliss-reactive ketones (excluding diaryl/α,β-unsaturated/α-hetero) is 1. The van der Waals surface area contributed by atoms with Gasteiger partial charge in [-0.3, -0.25) is 9.48 Å². The zero-order chi connectivity index (χ0) is 16.7. The number of nitrogens with one attached hydrogen (secondary N) is 1. The number of carbonyl (C=O) groups is 1. The Kier molecular flexibility index (Phi) is 3.37. The molecule has 4 rings (SSSR count). The van der Waals surface area contributed by atoms with Crippen LogP contribution < -0.4 is 5.32 Å². The minimum atomic E-state index is -0.530. The van der Waals surface area contributed by atoms with E-state index < -0.39 is 5.92 Å². The monoisotopic (exact) mass is 322 g/mol. The van der Waals surface area contributed by atoms with E-state index in [4.69, 9.17) is 0 Å². The first-order valence-corrected chi connectivity index (χ1v) is 7.64. The molecule has 0 saturated heterocycles. The quantitative estimate of drug-likeness (QED) is 0.787. The molecule has 24 heavy (non-hydrogen) atoms. The second kappa shape index (κ2) is 5.56. The Labute approximate surface area is 138 Å². The van der Waals surface area contributed by atoms with Gasteiger partial charge in [0.2, 0.25) is 0 Å². The predicted molar refractivity (Wildman–Crippen MR) is 87.3 cm³/mol. The normalized spacial score (nSPS) is 19.7. The van der Waals surface area contributed by atoms with E-state index in [9.17, 15) is 9.18 Å². The van der Waals surface area contributed by atoms with Gasteiger partial charge in [-0.15, -0.1) is 0 Å². The number of hydrogen-bond donors (Lipinski definition) is 1. The molecule has 5 nitrogen and oxygen atoms in total. The summed E-state index contributed by atoms with van der Waals surface area (Å²) in [6.45, 7) is 0. The van der Waals surface area contributed by atoms with Crippen molar-refractivity contribution in [3.8, 4) is 0 Å². The van der Waals surface area contributed by atoms with E-state index in [-0.39, 0.29) is 17.6 Å². The van der Waals surface area contributed by atoms with Gasteiger partial charge in [-0.1, -0.05) is 30.3 Å². The number of aromatic nitrogens is 3. The Morgan fingerprint density at radius 2 is 1.96 bits per heavy atom. The number of hydrogen-bond acceptors (Lipinski definition) is 4. The third-order valence-electron chi connectivity index (χ3n) is 4.36. The Morgan fingerprint density at radius 3 is 2.67 bits per heavy atom. The lowest BCUT2D eigenvalue weighted by molar-refractivity contribution is 0.0938. The summed E-state index contributed by atoms with van der Waals surface area (Å²) in [5.74, 6) is -0.416. The first-order valence-electron chi connectivity index (χ1n) is 7.64. The molecule has 6 heteroatoms. The predicted octanol–water partition coefficient (Wildman–Crippen LogP) is 3.09. The van der Waals surface area contributed by atoms with Crippen molar-refractivity contribution in [2.45, 2.75) is 12.0 Å². The summed E-state index contributed by atoms with van der Waals surface area (Å²) < 4.78 is 15.2. The molecule has 1 aliphatic heterocycles. The van der Waals surface area contributed by atoms with E-state index in [1.54, 1.807) is 11.7 Å². The van der Waals surface area contributed by atoms with Crippen LogP contribution >= 0.6 is 0 Å². The van der Waals surface area contributed by atoms with Gasteiger partial charge in [-0.25, -0.2) is 9.37 Å². The molecule has 2 unspecified atom stereocenters. The third kappa shape index (κ3) is 2.27. The van der Waals surface area contributed by atoms with Crippen molar-refractivity contribution in [1.82, 2.24) is 14.8 Å². The molecule has 0 saturated carbocycles. The summed E-state index contributed by atoms with van der Waals surface area (Å²) >= 11 is 0. The molecule has 1 aromatic heterocycles. The number of carbonyl (C=O) groups excluding carboxylic acids is 1. The summed E-state index contributed by atoms with van der Waals surface area (Å²) in [6.07, 6.45) is 1.44. The van der Waals surface area contributed by atoms with Gasteiger partial charge in [0.05, 0.1) is 6.04 Å². The van der Waals surface area contributed by atoms with E-state index in [1.807, 2.05) is 30.3 Å². The molecule has 0 aliphatic carbocycles. The largest absolute Gasteiger partial charge is 0.376 e. The lowest BCUT2D eigenvalue weighted by Gasteiger charge is -2.33. The smallest absolute Gasteiger partial charge is 0.178 e. The van der Waals surface area contributed by atoms with Crippen LogP contribution in [-0.2, 0) is 7.05 Å². The van der Waals surface area contributed by atoms with Crippen LogP contribution in [0.5, 0.6) is 0 Å². The van der Waals surface area contributed by atoms with Gasteiger partial charge in [-0.05, 0) is 23.8 Å². The fourth-order valence-electron chi connectivity index (χ4n) is 3.21. The van der Waals surface area contributed by atoms with E-state index >= 15 is 0 Å². The zero-order valence-corrected chi connectivity index (χ0v) is 13.0. The van der Waals surface area contributed by atoms with Crippen molar-refractivity contribution >= 4 is 11.5 Å². The number of aryl methyl sites for hydroxylation is 1. The summed E-state index contributed by atoms with van der Waals surface area (Å²) in [5, 5.41) is 7.40. The Bertz CT molecular complexity index is 906. The zero-order valence-electron chi connectivity index (χ0n) is 13.0. The maximum atomic E-state index is 13.6. The van der Waals surface area contributed by atoms with Crippen molar-refractivity contribution in [2.75, 3.05) is 5.32 Å². The molecule has 2 aromatic carbocycles. The Morgan fingerprint density at radius 1 is 1.17 bits per heavy atom. The summed E-state index contributed by atoms with van der Waals surface area (Å²) in [4.78, 5) is 17.4. The first kappa shape index (κ1) is 14.6. The number of rotatable bonds is 2.